The van der Waals surface area contributed by atoms with Crippen LogP contribution in [-0.4, -0.2) is 36.5 Å². The Bertz CT molecular complexity index is 909. The van der Waals surface area contributed by atoms with Crippen LogP contribution >= 0.6 is 0 Å². The Labute approximate surface area is 174 Å². The van der Waals surface area contributed by atoms with Gasteiger partial charge in [-0.25, -0.2) is 13.4 Å². The number of aromatic nitrogens is 1. The zero-order chi connectivity index (χ0) is 21.2. The average Bonchev–Trinajstić information content (AvgIpc) is 2.66. The fraction of sp³-hybridized carbons (Fsp3) is 0.545. The van der Waals surface area contributed by atoms with Gasteiger partial charge in [-0.15, -0.1) is 0 Å². The second-order valence-corrected chi connectivity index (χ2v) is 10.6. The number of hydrazone groups is 1. The van der Waals surface area contributed by atoms with Gasteiger partial charge in [-0.3, -0.25) is 5.43 Å². The molecule has 1 aromatic rings. The monoisotopic (exact) mass is 416 g/mol. The molecular formula is C22H32N4O2S. The number of pyridine rings is 1. The Hall–Kier alpha value is -1.99. The molecule has 1 saturated heterocycles. The summed E-state index contributed by atoms with van der Waals surface area (Å²) in [4.78, 5) is 4.51. The van der Waals surface area contributed by atoms with Crippen molar-refractivity contribution in [2.45, 2.75) is 51.9 Å². The smallest absolute Gasteiger partial charge is 0.244 e. The van der Waals surface area contributed by atoms with Crippen LogP contribution in [0.15, 0.2) is 52.1 Å². The molecule has 3 atom stereocenters. The second-order valence-electron chi connectivity index (χ2n) is 8.69. The largest absolute Gasteiger partial charge is 0.261 e. The van der Waals surface area contributed by atoms with Crippen molar-refractivity contribution in [2.75, 3.05) is 18.5 Å². The SMILES string of the molecule is C=C(C)[C@@H]1CC=C(C)C(=NNc2ccc(S(=O)(=O)N3C[C@H](C)C[C@H](C)C3)cn2)C1. The van der Waals surface area contributed by atoms with E-state index in [1.807, 2.05) is 0 Å². The van der Waals surface area contributed by atoms with Crippen LogP contribution in [0, 0.1) is 17.8 Å². The summed E-state index contributed by atoms with van der Waals surface area (Å²) in [6.45, 7) is 13.5. The molecule has 0 aromatic carbocycles. The minimum Gasteiger partial charge on any atom is -0.261 e. The summed E-state index contributed by atoms with van der Waals surface area (Å²) in [5.41, 5.74) is 6.28. The van der Waals surface area contributed by atoms with Gasteiger partial charge >= 0.3 is 0 Å². The molecule has 0 bridgehead atoms. The second kappa shape index (κ2) is 8.79. The summed E-state index contributed by atoms with van der Waals surface area (Å²) in [5, 5.41) is 4.50. The number of nitrogens with zero attached hydrogens (tertiary/aromatic N) is 3. The highest BCUT2D eigenvalue weighted by Crippen LogP contribution is 2.28. The summed E-state index contributed by atoms with van der Waals surface area (Å²) in [6.07, 6.45) is 6.52. The van der Waals surface area contributed by atoms with Crippen LogP contribution in [0.5, 0.6) is 0 Å². The molecule has 2 aliphatic rings. The molecule has 1 N–H and O–H groups in total. The van der Waals surface area contributed by atoms with Crippen molar-refractivity contribution < 1.29 is 8.42 Å². The van der Waals surface area contributed by atoms with Crippen molar-refractivity contribution in [3.8, 4) is 0 Å². The summed E-state index contributed by atoms with van der Waals surface area (Å²) in [7, 11) is -3.52. The lowest BCUT2D eigenvalue weighted by Crippen LogP contribution is -2.42. The molecule has 1 fully saturated rings. The molecular weight excluding hydrogens is 384 g/mol. The lowest BCUT2D eigenvalue weighted by atomic mass is 9.85. The fourth-order valence-electron chi connectivity index (χ4n) is 4.10. The Morgan fingerprint density at radius 1 is 1.28 bits per heavy atom. The number of sulfonamides is 1. The maximum Gasteiger partial charge on any atom is 0.244 e. The molecule has 1 aromatic heterocycles. The molecule has 2 heterocycles. The van der Waals surface area contributed by atoms with Gasteiger partial charge in [-0.05, 0) is 68.6 Å². The van der Waals surface area contributed by atoms with Crippen LogP contribution in [0.1, 0.15) is 47.0 Å². The zero-order valence-electron chi connectivity index (χ0n) is 17.9. The number of piperidine rings is 1. The first kappa shape index (κ1) is 21.7. The average molecular weight is 417 g/mol. The van der Waals surface area contributed by atoms with E-state index in [1.165, 1.54) is 6.20 Å². The molecule has 158 valence electrons. The topological polar surface area (TPSA) is 74.7 Å². The number of nitrogens with one attached hydrogen (secondary N) is 1. The predicted molar refractivity (Wildman–Crippen MR) is 118 cm³/mol. The normalized spacial score (nSPS) is 27.5. The Morgan fingerprint density at radius 3 is 2.55 bits per heavy atom. The van der Waals surface area contributed by atoms with Crippen molar-refractivity contribution in [1.29, 1.82) is 0 Å². The van der Waals surface area contributed by atoms with Crippen molar-refractivity contribution in [1.82, 2.24) is 9.29 Å². The first-order chi connectivity index (χ1) is 13.7. The van der Waals surface area contributed by atoms with Crippen molar-refractivity contribution in [2.24, 2.45) is 22.9 Å². The summed E-state index contributed by atoms with van der Waals surface area (Å²) in [6, 6.07) is 3.28. The number of hydrogen-bond acceptors (Lipinski definition) is 5. The van der Waals surface area contributed by atoms with E-state index in [2.05, 4.69) is 55.9 Å². The van der Waals surface area contributed by atoms with Crippen LogP contribution in [-0.2, 0) is 10.0 Å². The quantitative estimate of drug-likeness (QED) is 0.568. The molecule has 0 unspecified atom stereocenters. The predicted octanol–water partition coefficient (Wildman–Crippen LogP) is 4.45. The molecule has 0 amide bonds. The first-order valence-electron chi connectivity index (χ1n) is 10.3. The maximum absolute atomic E-state index is 13.0. The van der Waals surface area contributed by atoms with Gasteiger partial charge in [0.1, 0.15) is 10.7 Å². The molecule has 1 aliphatic heterocycles. The Balaban J connectivity index is 1.71. The van der Waals surface area contributed by atoms with E-state index in [-0.39, 0.29) is 4.90 Å². The van der Waals surface area contributed by atoms with Crippen molar-refractivity contribution >= 4 is 21.6 Å². The van der Waals surface area contributed by atoms with Crippen LogP contribution < -0.4 is 5.43 Å². The third-order valence-electron chi connectivity index (χ3n) is 5.82. The van der Waals surface area contributed by atoms with Gasteiger partial charge in [0.15, 0.2) is 0 Å². The number of hydrogen-bond donors (Lipinski definition) is 1. The van der Waals surface area contributed by atoms with Gasteiger partial charge in [0, 0.05) is 19.3 Å². The van der Waals surface area contributed by atoms with Crippen molar-refractivity contribution in [3.63, 3.8) is 0 Å². The van der Waals surface area contributed by atoms with E-state index in [0.29, 0.717) is 36.7 Å². The highest BCUT2D eigenvalue weighted by molar-refractivity contribution is 7.89. The van der Waals surface area contributed by atoms with E-state index in [1.54, 1.807) is 16.4 Å². The Morgan fingerprint density at radius 2 is 1.97 bits per heavy atom. The van der Waals surface area contributed by atoms with Gasteiger partial charge in [-0.1, -0.05) is 32.1 Å². The van der Waals surface area contributed by atoms with Gasteiger partial charge < -0.3 is 0 Å². The van der Waals surface area contributed by atoms with Crippen molar-refractivity contribution in [3.05, 3.63) is 42.1 Å². The number of rotatable bonds is 5. The number of allylic oxidation sites excluding steroid dienone is 3. The fourth-order valence-corrected chi connectivity index (χ4v) is 5.72. The summed E-state index contributed by atoms with van der Waals surface area (Å²) in [5.74, 6) is 1.68. The highest BCUT2D eigenvalue weighted by Gasteiger charge is 2.31. The van der Waals surface area contributed by atoms with Gasteiger partial charge in [0.25, 0.3) is 0 Å². The minimum absolute atomic E-state index is 0.230. The molecule has 7 heteroatoms. The maximum atomic E-state index is 13.0. The Kier molecular flexibility index (Phi) is 6.58. The lowest BCUT2D eigenvalue weighted by Gasteiger charge is -2.33. The van der Waals surface area contributed by atoms with E-state index in [0.717, 1.165) is 36.1 Å². The zero-order valence-corrected chi connectivity index (χ0v) is 18.7. The van der Waals surface area contributed by atoms with E-state index >= 15 is 0 Å². The van der Waals surface area contributed by atoms with Crippen LogP contribution in [0.25, 0.3) is 0 Å². The molecule has 0 radical (unpaired) electrons. The number of anilines is 1. The molecule has 29 heavy (non-hydrogen) atoms. The van der Waals surface area contributed by atoms with Gasteiger partial charge in [-0.2, -0.15) is 9.41 Å². The molecule has 1 aliphatic carbocycles. The minimum atomic E-state index is -3.52. The van der Waals surface area contributed by atoms with Crippen LogP contribution in [0.3, 0.4) is 0 Å². The third kappa shape index (κ3) is 5.14. The van der Waals surface area contributed by atoms with E-state index in [4.69, 9.17) is 0 Å². The first-order valence-corrected chi connectivity index (χ1v) is 11.7. The van der Waals surface area contributed by atoms with Crippen LogP contribution in [0.2, 0.25) is 0 Å². The highest BCUT2D eigenvalue weighted by atomic mass is 32.2. The summed E-state index contributed by atoms with van der Waals surface area (Å²) < 4.78 is 27.5. The lowest BCUT2D eigenvalue weighted by molar-refractivity contribution is 0.222. The summed E-state index contributed by atoms with van der Waals surface area (Å²) >= 11 is 0. The van der Waals surface area contributed by atoms with Crippen LogP contribution in [0.4, 0.5) is 5.82 Å². The molecule has 0 saturated carbocycles. The standard InChI is InChI=1S/C22H32N4O2S/c1-15(2)19-7-6-18(5)21(11-19)24-25-22-9-8-20(12-23-22)29(27,28)26-13-16(3)10-17(4)14-26/h6,8-9,12,16-17,19H,1,7,10-11,13-14H2,2-5H3,(H,23,25)/t16-,17+,19-/m1/s1. The molecule has 3 rings (SSSR count). The molecule has 0 spiro atoms. The van der Waals surface area contributed by atoms with Gasteiger partial charge in [0.2, 0.25) is 10.0 Å². The van der Waals surface area contributed by atoms with Gasteiger partial charge in [0.05, 0.1) is 5.71 Å². The van der Waals surface area contributed by atoms with E-state index in [9.17, 15) is 8.42 Å². The molecule has 6 nitrogen and oxygen atoms in total. The van der Waals surface area contributed by atoms with E-state index < -0.39 is 10.0 Å². The third-order valence-corrected chi connectivity index (χ3v) is 7.63.